The Bertz CT molecular complexity index is 498. The average Bonchev–Trinajstić information content (AvgIpc) is 2.31. The second-order valence-corrected chi connectivity index (χ2v) is 3.94. The van der Waals surface area contributed by atoms with Gasteiger partial charge in [0.25, 0.3) is 0 Å². The summed E-state index contributed by atoms with van der Waals surface area (Å²) in [6, 6.07) is 8.84. The quantitative estimate of drug-likeness (QED) is 0.739. The summed E-state index contributed by atoms with van der Waals surface area (Å²) in [6.07, 6.45) is 0.0527. The van der Waals surface area contributed by atoms with Crippen molar-refractivity contribution in [3.63, 3.8) is 0 Å². The van der Waals surface area contributed by atoms with E-state index in [4.69, 9.17) is 0 Å². The van der Waals surface area contributed by atoms with E-state index < -0.39 is 11.6 Å². The molecule has 0 aliphatic carbocycles. The van der Waals surface area contributed by atoms with E-state index in [1.807, 2.05) is 0 Å². The molecular formula is C14H11F3. The number of rotatable bonds is 2. The lowest BCUT2D eigenvalue weighted by Gasteiger charge is -2.07. The lowest BCUT2D eigenvalue weighted by Crippen LogP contribution is -1.99. The van der Waals surface area contributed by atoms with Gasteiger partial charge in [-0.25, -0.2) is 13.2 Å². The van der Waals surface area contributed by atoms with Crippen molar-refractivity contribution in [1.82, 2.24) is 0 Å². The van der Waals surface area contributed by atoms with Crippen molar-refractivity contribution in [3.05, 3.63) is 70.5 Å². The van der Waals surface area contributed by atoms with Crippen LogP contribution < -0.4 is 0 Å². The van der Waals surface area contributed by atoms with Crippen LogP contribution in [0.15, 0.2) is 36.4 Å². The molecule has 17 heavy (non-hydrogen) atoms. The molecule has 0 fully saturated rings. The fourth-order valence-corrected chi connectivity index (χ4v) is 1.73. The van der Waals surface area contributed by atoms with E-state index in [1.165, 1.54) is 12.1 Å². The monoisotopic (exact) mass is 236 g/mol. The van der Waals surface area contributed by atoms with Crippen molar-refractivity contribution in [3.8, 4) is 0 Å². The maximum atomic E-state index is 13.7. The highest BCUT2D eigenvalue weighted by atomic mass is 19.2. The van der Waals surface area contributed by atoms with Crippen LogP contribution in [0.2, 0.25) is 0 Å². The summed E-state index contributed by atoms with van der Waals surface area (Å²) in [6.45, 7) is 1.64. The van der Waals surface area contributed by atoms with Crippen molar-refractivity contribution < 1.29 is 13.2 Å². The maximum absolute atomic E-state index is 13.7. The van der Waals surface area contributed by atoms with Gasteiger partial charge in [-0.1, -0.05) is 30.3 Å². The Balaban J connectivity index is 2.38. The fourth-order valence-electron chi connectivity index (χ4n) is 1.73. The molecule has 0 aliphatic rings. The first kappa shape index (κ1) is 11.7. The Kier molecular flexibility index (Phi) is 3.18. The third-order valence-corrected chi connectivity index (χ3v) is 2.68. The molecule has 2 aromatic rings. The molecule has 0 atom stereocenters. The van der Waals surface area contributed by atoms with Crippen LogP contribution in [0.5, 0.6) is 0 Å². The predicted octanol–water partition coefficient (Wildman–Crippen LogP) is 4.00. The lowest BCUT2D eigenvalue weighted by molar-refractivity contribution is 0.499. The minimum absolute atomic E-state index is 0.0527. The summed E-state index contributed by atoms with van der Waals surface area (Å²) < 4.78 is 40.1. The molecule has 0 unspecified atom stereocenters. The molecule has 0 aromatic heterocycles. The highest BCUT2D eigenvalue weighted by Crippen LogP contribution is 2.19. The largest absolute Gasteiger partial charge is 0.206 e. The zero-order valence-electron chi connectivity index (χ0n) is 9.31. The molecule has 0 heterocycles. The van der Waals surface area contributed by atoms with E-state index in [1.54, 1.807) is 25.1 Å². The van der Waals surface area contributed by atoms with Gasteiger partial charge in [0.05, 0.1) is 0 Å². The second-order valence-electron chi connectivity index (χ2n) is 3.94. The van der Waals surface area contributed by atoms with Crippen LogP contribution in [0, 0.1) is 24.4 Å². The van der Waals surface area contributed by atoms with Crippen LogP contribution in [-0.4, -0.2) is 0 Å². The molecule has 0 N–H and O–H groups in total. The van der Waals surface area contributed by atoms with E-state index in [0.29, 0.717) is 11.1 Å². The van der Waals surface area contributed by atoms with Gasteiger partial charge in [0.15, 0.2) is 11.6 Å². The van der Waals surface area contributed by atoms with E-state index in [9.17, 15) is 13.2 Å². The van der Waals surface area contributed by atoms with Crippen LogP contribution in [0.4, 0.5) is 13.2 Å². The molecule has 3 heteroatoms. The van der Waals surface area contributed by atoms with Crippen LogP contribution in [-0.2, 0) is 6.42 Å². The number of hydrogen-bond donors (Lipinski definition) is 0. The van der Waals surface area contributed by atoms with Gasteiger partial charge in [-0.15, -0.1) is 0 Å². The van der Waals surface area contributed by atoms with Gasteiger partial charge in [-0.05, 0) is 29.7 Å². The highest BCUT2D eigenvalue weighted by Gasteiger charge is 2.11. The van der Waals surface area contributed by atoms with E-state index in [0.717, 1.165) is 6.07 Å². The van der Waals surface area contributed by atoms with Gasteiger partial charge in [0.2, 0.25) is 0 Å². The SMILES string of the molecule is Cc1cccc(Cc2cccc(F)c2F)c1F. The molecule has 0 amide bonds. The molecule has 0 aliphatic heterocycles. The van der Waals surface area contributed by atoms with Gasteiger partial charge in [-0.2, -0.15) is 0 Å². The summed E-state index contributed by atoms with van der Waals surface area (Å²) in [4.78, 5) is 0. The van der Waals surface area contributed by atoms with Crippen molar-refractivity contribution in [1.29, 1.82) is 0 Å². The third-order valence-electron chi connectivity index (χ3n) is 2.68. The summed E-state index contributed by atoms with van der Waals surface area (Å²) in [7, 11) is 0. The zero-order chi connectivity index (χ0) is 12.4. The van der Waals surface area contributed by atoms with Crippen molar-refractivity contribution >= 4 is 0 Å². The summed E-state index contributed by atoms with van der Waals surface area (Å²) in [5.74, 6) is -2.18. The molecule has 0 radical (unpaired) electrons. The van der Waals surface area contributed by atoms with E-state index in [2.05, 4.69) is 0 Å². The predicted molar refractivity (Wildman–Crippen MR) is 60.3 cm³/mol. The van der Waals surface area contributed by atoms with Crippen molar-refractivity contribution in [2.75, 3.05) is 0 Å². The Labute approximate surface area is 97.7 Å². The van der Waals surface area contributed by atoms with Crippen molar-refractivity contribution in [2.24, 2.45) is 0 Å². The molecule has 0 bridgehead atoms. The molecule has 2 aromatic carbocycles. The van der Waals surface area contributed by atoms with Crippen LogP contribution >= 0.6 is 0 Å². The zero-order valence-corrected chi connectivity index (χ0v) is 9.31. The first-order valence-electron chi connectivity index (χ1n) is 5.26. The molecule has 0 saturated carbocycles. The normalized spacial score (nSPS) is 10.6. The minimum Gasteiger partial charge on any atom is -0.206 e. The Morgan fingerprint density at radius 2 is 1.41 bits per heavy atom. The smallest absolute Gasteiger partial charge is 0.162 e. The molecule has 0 spiro atoms. The van der Waals surface area contributed by atoms with Gasteiger partial charge in [0.1, 0.15) is 5.82 Å². The molecule has 0 nitrogen and oxygen atoms in total. The first-order valence-corrected chi connectivity index (χ1v) is 5.26. The van der Waals surface area contributed by atoms with Gasteiger partial charge >= 0.3 is 0 Å². The van der Waals surface area contributed by atoms with Gasteiger partial charge in [-0.3, -0.25) is 0 Å². The number of aryl methyl sites for hydroxylation is 1. The van der Waals surface area contributed by atoms with Crippen LogP contribution in [0.3, 0.4) is 0 Å². The topological polar surface area (TPSA) is 0 Å². The van der Waals surface area contributed by atoms with Gasteiger partial charge in [0, 0.05) is 6.42 Å². The van der Waals surface area contributed by atoms with E-state index >= 15 is 0 Å². The maximum Gasteiger partial charge on any atom is 0.162 e. The highest BCUT2D eigenvalue weighted by molar-refractivity contribution is 5.31. The Hall–Kier alpha value is -1.77. The summed E-state index contributed by atoms with van der Waals surface area (Å²) >= 11 is 0. The number of benzene rings is 2. The lowest BCUT2D eigenvalue weighted by atomic mass is 10.0. The summed E-state index contributed by atoms with van der Waals surface area (Å²) in [5, 5.41) is 0. The Morgan fingerprint density at radius 1 is 0.824 bits per heavy atom. The van der Waals surface area contributed by atoms with E-state index in [-0.39, 0.29) is 17.8 Å². The second kappa shape index (κ2) is 4.62. The molecule has 0 saturated heterocycles. The van der Waals surface area contributed by atoms with Gasteiger partial charge < -0.3 is 0 Å². The molecule has 88 valence electrons. The minimum atomic E-state index is -0.909. The number of hydrogen-bond acceptors (Lipinski definition) is 0. The fraction of sp³-hybridized carbons (Fsp3) is 0.143. The molecule has 2 rings (SSSR count). The van der Waals surface area contributed by atoms with Crippen molar-refractivity contribution in [2.45, 2.75) is 13.3 Å². The third kappa shape index (κ3) is 2.33. The average molecular weight is 236 g/mol. The number of halogens is 3. The van der Waals surface area contributed by atoms with Crippen LogP contribution in [0.1, 0.15) is 16.7 Å². The standard InChI is InChI=1S/C14H11F3/c1-9-4-2-5-10(13(9)16)8-11-6-3-7-12(15)14(11)17/h2-7H,8H2,1H3. The molecular weight excluding hydrogens is 225 g/mol. The summed E-state index contributed by atoms with van der Waals surface area (Å²) in [5.41, 5.74) is 1.03. The first-order chi connectivity index (χ1) is 8.09. The van der Waals surface area contributed by atoms with Crippen LogP contribution in [0.25, 0.3) is 0 Å². The Morgan fingerprint density at radius 3 is 2.12 bits per heavy atom.